The van der Waals surface area contributed by atoms with Crippen LogP contribution in [-0.4, -0.2) is 16.2 Å². The highest BCUT2D eigenvalue weighted by Gasteiger charge is 2.32. The van der Waals surface area contributed by atoms with Crippen LogP contribution in [0.4, 0.5) is 0 Å². The van der Waals surface area contributed by atoms with E-state index in [-0.39, 0.29) is 6.10 Å². The number of rotatable bonds is 3. The molecule has 1 aliphatic carbocycles. The summed E-state index contributed by atoms with van der Waals surface area (Å²) in [5.41, 5.74) is 1.56. The van der Waals surface area contributed by atoms with E-state index in [1.807, 2.05) is 12.3 Å². The number of aliphatic hydroxyl groups is 1. The molecule has 0 aromatic carbocycles. The van der Waals surface area contributed by atoms with Crippen LogP contribution in [0, 0.1) is 17.3 Å². The molecular formula is C17H27NO. The van der Waals surface area contributed by atoms with Crippen LogP contribution >= 0.6 is 0 Å². The van der Waals surface area contributed by atoms with Gasteiger partial charge in [-0.2, -0.15) is 0 Å². The lowest BCUT2D eigenvalue weighted by molar-refractivity contribution is 0.0536. The molecule has 1 aromatic rings. The van der Waals surface area contributed by atoms with Gasteiger partial charge in [0.05, 0.1) is 6.10 Å². The molecule has 1 aromatic heterocycles. The Morgan fingerprint density at radius 2 is 1.95 bits per heavy atom. The molecule has 106 valence electrons. The van der Waals surface area contributed by atoms with Crippen molar-refractivity contribution in [1.29, 1.82) is 0 Å². The Balaban J connectivity index is 1.84. The largest absolute Gasteiger partial charge is 0.392 e. The highest BCUT2D eigenvalue weighted by atomic mass is 16.3. The Bertz CT molecular complexity index is 374. The topological polar surface area (TPSA) is 33.1 Å². The third kappa shape index (κ3) is 4.04. The van der Waals surface area contributed by atoms with E-state index in [4.69, 9.17) is 0 Å². The first-order chi connectivity index (χ1) is 8.97. The van der Waals surface area contributed by atoms with E-state index in [1.54, 1.807) is 6.20 Å². The van der Waals surface area contributed by atoms with Gasteiger partial charge in [-0.25, -0.2) is 0 Å². The SMILES string of the molecule is CC(C)(C)C1CCC(C(O)Cc2cccnc2)CC1. The van der Waals surface area contributed by atoms with E-state index in [0.717, 1.165) is 17.9 Å². The van der Waals surface area contributed by atoms with Gasteiger partial charge in [-0.15, -0.1) is 0 Å². The summed E-state index contributed by atoms with van der Waals surface area (Å²) in [6, 6.07) is 4.00. The lowest BCUT2D eigenvalue weighted by atomic mass is 9.68. The summed E-state index contributed by atoms with van der Waals surface area (Å²) in [6.07, 6.45) is 9.06. The third-order valence-electron chi connectivity index (χ3n) is 4.71. The van der Waals surface area contributed by atoms with Crippen molar-refractivity contribution >= 4 is 0 Å². The predicted octanol–water partition coefficient (Wildman–Crippen LogP) is 3.84. The Hall–Kier alpha value is -0.890. The van der Waals surface area contributed by atoms with Crippen molar-refractivity contribution in [3.05, 3.63) is 30.1 Å². The number of aliphatic hydroxyl groups excluding tert-OH is 1. The van der Waals surface area contributed by atoms with Crippen molar-refractivity contribution in [3.8, 4) is 0 Å². The van der Waals surface area contributed by atoms with E-state index >= 15 is 0 Å². The fourth-order valence-electron chi connectivity index (χ4n) is 3.30. The first kappa shape index (κ1) is 14.5. The molecule has 2 rings (SSSR count). The highest BCUT2D eigenvalue weighted by Crippen LogP contribution is 2.40. The molecule has 2 heteroatoms. The standard InChI is InChI=1S/C17H27NO/c1-17(2,3)15-8-6-14(7-9-15)16(19)11-13-5-4-10-18-12-13/h4-5,10,12,14-16,19H,6-9,11H2,1-3H3. The van der Waals surface area contributed by atoms with E-state index < -0.39 is 0 Å². The highest BCUT2D eigenvalue weighted by molar-refractivity contribution is 5.09. The Kier molecular flexibility index (Phi) is 4.62. The summed E-state index contributed by atoms with van der Waals surface area (Å²) in [5, 5.41) is 10.4. The monoisotopic (exact) mass is 261 g/mol. The van der Waals surface area contributed by atoms with Crippen LogP contribution in [0.25, 0.3) is 0 Å². The summed E-state index contributed by atoms with van der Waals surface area (Å²) >= 11 is 0. The second kappa shape index (κ2) is 6.04. The van der Waals surface area contributed by atoms with Crippen LogP contribution < -0.4 is 0 Å². The van der Waals surface area contributed by atoms with E-state index in [9.17, 15) is 5.11 Å². The molecule has 1 N–H and O–H groups in total. The minimum Gasteiger partial charge on any atom is -0.392 e. The molecule has 1 unspecified atom stereocenters. The minimum absolute atomic E-state index is 0.204. The average molecular weight is 261 g/mol. The maximum atomic E-state index is 10.4. The van der Waals surface area contributed by atoms with E-state index in [2.05, 4.69) is 31.8 Å². The summed E-state index contributed by atoms with van der Waals surface area (Å²) < 4.78 is 0. The molecule has 0 radical (unpaired) electrons. The maximum absolute atomic E-state index is 10.4. The van der Waals surface area contributed by atoms with Gasteiger partial charge in [0.25, 0.3) is 0 Å². The molecule has 1 atom stereocenters. The zero-order chi connectivity index (χ0) is 13.9. The summed E-state index contributed by atoms with van der Waals surface area (Å²) in [4.78, 5) is 4.12. The molecule has 0 amide bonds. The first-order valence-corrected chi connectivity index (χ1v) is 7.54. The van der Waals surface area contributed by atoms with Gasteiger partial charge in [-0.1, -0.05) is 26.8 Å². The fourth-order valence-corrected chi connectivity index (χ4v) is 3.30. The minimum atomic E-state index is -0.204. The third-order valence-corrected chi connectivity index (χ3v) is 4.71. The molecule has 0 aliphatic heterocycles. The second-order valence-electron chi connectivity index (χ2n) is 7.11. The van der Waals surface area contributed by atoms with Crippen LogP contribution in [0.15, 0.2) is 24.5 Å². The van der Waals surface area contributed by atoms with Gasteiger partial charge < -0.3 is 5.11 Å². The van der Waals surface area contributed by atoms with Crippen LogP contribution in [0.3, 0.4) is 0 Å². The van der Waals surface area contributed by atoms with Crippen molar-refractivity contribution in [1.82, 2.24) is 4.98 Å². The van der Waals surface area contributed by atoms with Gasteiger partial charge >= 0.3 is 0 Å². The van der Waals surface area contributed by atoms with Gasteiger partial charge in [0.1, 0.15) is 0 Å². The number of aromatic nitrogens is 1. The normalized spacial score (nSPS) is 26.1. The van der Waals surface area contributed by atoms with Crippen molar-refractivity contribution in [2.45, 2.75) is 59.0 Å². The van der Waals surface area contributed by atoms with Gasteiger partial charge in [0.2, 0.25) is 0 Å². The summed E-state index contributed by atoms with van der Waals surface area (Å²) in [7, 11) is 0. The van der Waals surface area contributed by atoms with Crippen molar-refractivity contribution in [2.75, 3.05) is 0 Å². The summed E-state index contributed by atoms with van der Waals surface area (Å²) in [6.45, 7) is 7.01. The van der Waals surface area contributed by atoms with Crippen LogP contribution in [-0.2, 0) is 6.42 Å². The van der Waals surface area contributed by atoms with Crippen LogP contribution in [0.5, 0.6) is 0 Å². The van der Waals surface area contributed by atoms with Gasteiger partial charge in [-0.05, 0) is 54.6 Å². The Morgan fingerprint density at radius 1 is 1.26 bits per heavy atom. The van der Waals surface area contributed by atoms with E-state index in [0.29, 0.717) is 11.3 Å². The lowest BCUT2D eigenvalue weighted by Crippen LogP contribution is -2.31. The number of nitrogens with zero attached hydrogens (tertiary/aromatic N) is 1. The number of hydrogen-bond acceptors (Lipinski definition) is 2. The van der Waals surface area contributed by atoms with Gasteiger partial charge in [0, 0.05) is 18.8 Å². The number of hydrogen-bond donors (Lipinski definition) is 1. The second-order valence-corrected chi connectivity index (χ2v) is 7.11. The zero-order valence-electron chi connectivity index (χ0n) is 12.5. The molecule has 2 nitrogen and oxygen atoms in total. The van der Waals surface area contributed by atoms with Crippen molar-refractivity contribution in [3.63, 3.8) is 0 Å². The Morgan fingerprint density at radius 3 is 2.47 bits per heavy atom. The Labute approximate surface area is 117 Å². The fraction of sp³-hybridized carbons (Fsp3) is 0.706. The molecular weight excluding hydrogens is 234 g/mol. The van der Waals surface area contributed by atoms with Gasteiger partial charge in [0.15, 0.2) is 0 Å². The predicted molar refractivity (Wildman–Crippen MR) is 78.9 cm³/mol. The quantitative estimate of drug-likeness (QED) is 0.897. The smallest absolute Gasteiger partial charge is 0.0609 e. The molecule has 1 fully saturated rings. The van der Waals surface area contributed by atoms with Gasteiger partial charge in [-0.3, -0.25) is 4.98 Å². The molecule has 1 saturated carbocycles. The summed E-state index contributed by atoms with van der Waals surface area (Å²) in [5.74, 6) is 1.29. The molecule has 1 heterocycles. The maximum Gasteiger partial charge on any atom is 0.0609 e. The number of pyridine rings is 1. The molecule has 0 spiro atoms. The van der Waals surface area contributed by atoms with Crippen LogP contribution in [0.1, 0.15) is 52.0 Å². The molecule has 0 bridgehead atoms. The van der Waals surface area contributed by atoms with Crippen molar-refractivity contribution in [2.24, 2.45) is 17.3 Å². The first-order valence-electron chi connectivity index (χ1n) is 7.54. The average Bonchev–Trinajstić information content (AvgIpc) is 2.39. The lowest BCUT2D eigenvalue weighted by Gasteiger charge is -2.38. The van der Waals surface area contributed by atoms with E-state index in [1.165, 1.54) is 25.7 Å². The molecule has 1 aliphatic rings. The molecule has 0 saturated heterocycles. The van der Waals surface area contributed by atoms with Crippen LogP contribution in [0.2, 0.25) is 0 Å². The molecule has 19 heavy (non-hydrogen) atoms. The zero-order valence-corrected chi connectivity index (χ0v) is 12.5. The van der Waals surface area contributed by atoms with Crippen molar-refractivity contribution < 1.29 is 5.11 Å².